The molecule has 4 aromatic carbocycles. The molecule has 6 rings (SSSR count). The second-order valence-electron chi connectivity index (χ2n) is 10.1. The topological polar surface area (TPSA) is 124 Å². The van der Waals surface area contributed by atoms with Crippen LogP contribution in [0.5, 0.6) is 5.75 Å². The number of carbonyl (C=O) groups excluding carboxylic acids is 1. The van der Waals surface area contributed by atoms with Gasteiger partial charge in [0.15, 0.2) is 5.82 Å². The van der Waals surface area contributed by atoms with Crippen LogP contribution in [0.4, 0.5) is 4.39 Å². The predicted molar refractivity (Wildman–Crippen MR) is 170 cm³/mol. The van der Waals surface area contributed by atoms with Crippen molar-refractivity contribution in [3.05, 3.63) is 147 Å². The lowest BCUT2D eigenvalue weighted by atomic mass is 10.00. The van der Waals surface area contributed by atoms with Crippen LogP contribution >= 0.6 is 11.6 Å². The number of hydrogen-bond donors (Lipinski definition) is 1. The Hall–Kier alpha value is -6.23. The highest BCUT2D eigenvalue weighted by atomic mass is 35.5. The van der Waals surface area contributed by atoms with E-state index in [1.54, 1.807) is 78.9 Å². The number of nitrogens with one attached hydrogen (secondary N) is 1. The molecule has 0 saturated heterocycles. The van der Waals surface area contributed by atoms with E-state index in [2.05, 4.69) is 5.32 Å². The SMILES string of the molecule is COc1ccc(C2=C(C#N)C(=O)NC(c3ccc(Cl)cc3)N2n2c(-c3ccccc3)nc(-c3ccc(F)cc3)c(C#N)c2=O)cc1. The second-order valence-corrected chi connectivity index (χ2v) is 10.5. The molecule has 5 aromatic rings. The number of hydrogen-bond acceptors (Lipinski definition) is 7. The number of carbonyl (C=O) groups is 1. The van der Waals surface area contributed by atoms with Gasteiger partial charge in [0.25, 0.3) is 11.5 Å². The average molecular weight is 629 g/mol. The van der Waals surface area contributed by atoms with Gasteiger partial charge in [-0.2, -0.15) is 15.2 Å². The van der Waals surface area contributed by atoms with Crippen molar-refractivity contribution < 1.29 is 13.9 Å². The number of amides is 1. The van der Waals surface area contributed by atoms with Gasteiger partial charge in [-0.1, -0.05) is 54.1 Å². The first-order valence-electron chi connectivity index (χ1n) is 13.9. The van der Waals surface area contributed by atoms with E-state index in [0.717, 1.165) is 0 Å². The Morgan fingerprint density at radius 2 is 1.50 bits per heavy atom. The minimum Gasteiger partial charge on any atom is -0.497 e. The maximum Gasteiger partial charge on any atom is 0.291 e. The summed E-state index contributed by atoms with van der Waals surface area (Å²) in [5, 5.41) is 25.4. The molecule has 1 aliphatic heterocycles. The minimum absolute atomic E-state index is 0.0437. The maximum absolute atomic E-state index is 14.7. The molecule has 1 aliphatic rings. The Balaban J connectivity index is 1.74. The van der Waals surface area contributed by atoms with Gasteiger partial charge in [-0.15, -0.1) is 0 Å². The number of halogens is 2. The summed E-state index contributed by atoms with van der Waals surface area (Å²) in [5.41, 5.74) is 0.527. The normalized spacial score (nSPS) is 14.3. The standard InChI is InChI=1S/C35H22ClFN6O3/c1-46-27-17-11-22(12-18-27)31-29(20-39)34(44)41-33(24-7-13-25(36)14-8-24)42(31)43-32(23-5-3-2-4-6-23)40-30(28(19-38)35(43)45)21-9-15-26(37)16-10-21/h2-18,33H,1H3,(H,41,44). The van der Waals surface area contributed by atoms with E-state index in [1.165, 1.54) is 41.1 Å². The van der Waals surface area contributed by atoms with E-state index >= 15 is 0 Å². The summed E-state index contributed by atoms with van der Waals surface area (Å²) < 4.78 is 20.4. The molecule has 0 aliphatic carbocycles. The van der Waals surface area contributed by atoms with Gasteiger partial charge in [0, 0.05) is 21.7 Å². The molecule has 0 bridgehead atoms. The van der Waals surface area contributed by atoms with E-state index < -0.39 is 23.4 Å². The molecule has 1 aromatic heterocycles. The monoisotopic (exact) mass is 628 g/mol. The largest absolute Gasteiger partial charge is 0.497 e. The first-order chi connectivity index (χ1) is 22.3. The van der Waals surface area contributed by atoms with Crippen LogP contribution in [0.2, 0.25) is 5.02 Å². The summed E-state index contributed by atoms with van der Waals surface area (Å²) in [7, 11) is 1.51. The molecule has 224 valence electrons. The lowest BCUT2D eigenvalue weighted by Gasteiger charge is -2.41. The van der Waals surface area contributed by atoms with Gasteiger partial charge in [0.2, 0.25) is 0 Å². The van der Waals surface area contributed by atoms with E-state index in [9.17, 15) is 24.5 Å². The second kappa shape index (κ2) is 12.4. The van der Waals surface area contributed by atoms with Crippen LogP contribution in [0.1, 0.15) is 22.9 Å². The van der Waals surface area contributed by atoms with Gasteiger partial charge in [0.1, 0.15) is 41.0 Å². The minimum atomic E-state index is -1.07. The quantitative estimate of drug-likeness (QED) is 0.246. The molecular weight excluding hydrogens is 607 g/mol. The zero-order valence-corrected chi connectivity index (χ0v) is 24.9. The third kappa shape index (κ3) is 5.34. The van der Waals surface area contributed by atoms with E-state index in [4.69, 9.17) is 21.3 Å². The van der Waals surface area contributed by atoms with Gasteiger partial charge in [0.05, 0.1) is 18.5 Å². The summed E-state index contributed by atoms with van der Waals surface area (Å²) in [6.45, 7) is 0. The molecule has 1 unspecified atom stereocenters. The third-order valence-corrected chi connectivity index (χ3v) is 7.66. The van der Waals surface area contributed by atoms with E-state index in [0.29, 0.717) is 33.0 Å². The summed E-state index contributed by atoms with van der Waals surface area (Å²) >= 11 is 6.20. The molecule has 0 fully saturated rings. The van der Waals surface area contributed by atoms with Crippen molar-refractivity contribution in [3.63, 3.8) is 0 Å². The van der Waals surface area contributed by atoms with E-state index in [-0.39, 0.29) is 28.4 Å². The number of aromatic nitrogens is 2. The van der Waals surface area contributed by atoms with Crippen molar-refractivity contribution in [2.75, 3.05) is 12.1 Å². The first kappa shape index (κ1) is 29.8. The van der Waals surface area contributed by atoms with Crippen molar-refractivity contribution in [1.29, 1.82) is 10.5 Å². The molecule has 2 heterocycles. The van der Waals surface area contributed by atoms with Crippen LogP contribution in [-0.4, -0.2) is 22.7 Å². The summed E-state index contributed by atoms with van der Waals surface area (Å²) in [4.78, 5) is 33.0. The number of nitriles is 2. The maximum atomic E-state index is 14.7. The van der Waals surface area contributed by atoms with Gasteiger partial charge in [-0.05, 0) is 66.2 Å². The van der Waals surface area contributed by atoms with Crippen LogP contribution < -0.4 is 20.6 Å². The summed E-state index contributed by atoms with van der Waals surface area (Å²) in [5.74, 6) is -0.534. The van der Waals surface area contributed by atoms with Gasteiger partial charge in [-0.25, -0.2) is 14.4 Å². The first-order valence-corrected chi connectivity index (χ1v) is 14.3. The van der Waals surface area contributed by atoms with E-state index in [1.807, 2.05) is 12.1 Å². The number of ether oxygens (including phenoxy) is 1. The molecule has 0 radical (unpaired) electrons. The highest BCUT2D eigenvalue weighted by Gasteiger charge is 2.39. The zero-order valence-electron chi connectivity index (χ0n) is 24.1. The van der Waals surface area contributed by atoms with Crippen LogP contribution in [0.15, 0.2) is 113 Å². The number of nitrogens with zero attached hydrogens (tertiary/aromatic N) is 5. The van der Waals surface area contributed by atoms with Crippen molar-refractivity contribution in [3.8, 4) is 40.5 Å². The summed E-state index contributed by atoms with van der Waals surface area (Å²) in [6, 6.07) is 31.4. The predicted octanol–water partition coefficient (Wildman–Crippen LogP) is 5.95. The molecule has 46 heavy (non-hydrogen) atoms. The molecule has 1 amide bonds. The lowest BCUT2D eigenvalue weighted by molar-refractivity contribution is -0.118. The Kier molecular flexibility index (Phi) is 8.04. The molecule has 11 heteroatoms. The number of rotatable bonds is 6. The zero-order chi connectivity index (χ0) is 32.4. The van der Waals surface area contributed by atoms with Crippen LogP contribution in [0.3, 0.4) is 0 Å². The Morgan fingerprint density at radius 3 is 2.11 bits per heavy atom. The molecule has 1 atom stereocenters. The molecule has 0 saturated carbocycles. The fourth-order valence-corrected chi connectivity index (χ4v) is 5.35. The number of benzene rings is 4. The van der Waals surface area contributed by atoms with Crippen molar-refractivity contribution in [2.24, 2.45) is 0 Å². The van der Waals surface area contributed by atoms with Crippen LogP contribution in [0.25, 0.3) is 28.3 Å². The van der Waals surface area contributed by atoms with Crippen molar-refractivity contribution >= 4 is 23.2 Å². The smallest absolute Gasteiger partial charge is 0.291 e. The molecule has 1 N–H and O–H groups in total. The molecular formula is C35H22ClFN6O3. The van der Waals surface area contributed by atoms with Gasteiger partial charge < -0.3 is 10.1 Å². The third-order valence-electron chi connectivity index (χ3n) is 7.40. The Bertz CT molecular complexity index is 2130. The molecule has 0 spiro atoms. The van der Waals surface area contributed by atoms with Gasteiger partial charge >= 0.3 is 0 Å². The Morgan fingerprint density at radius 1 is 0.848 bits per heavy atom. The average Bonchev–Trinajstić information content (AvgIpc) is 3.09. The van der Waals surface area contributed by atoms with Crippen LogP contribution in [0, 0.1) is 28.5 Å². The fraction of sp³-hybridized carbons (Fsp3) is 0.0571. The highest BCUT2D eigenvalue weighted by Crippen LogP contribution is 2.36. The number of methoxy groups -OCH3 is 1. The van der Waals surface area contributed by atoms with Crippen molar-refractivity contribution in [1.82, 2.24) is 15.0 Å². The molecule has 9 nitrogen and oxygen atoms in total. The highest BCUT2D eigenvalue weighted by molar-refractivity contribution is 6.30. The lowest BCUT2D eigenvalue weighted by Crippen LogP contribution is -2.55. The van der Waals surface area contributed by atoms with Crippen LogP contribution in [-0.2, 0) is 4.79 Å². The Labute approximate surface area is 267 Å². The van der Waals surface area contributed by atoms with Crippen molar-refractivity contribution in [2.45, 2.75) is 6.17 Å². The van der Waals surface area contributed by atoms with Gasteiger partial charge in [-0.3, -0.25) is 9.59 Å². The fourth-order valence-electron chi connectivity index (χ4n) is 5.23. The summed E-state index contributed by atoms with van der Waals surface area (Å²) in [6.07, 6.45) is -1.07.